The summed E-state index contributed by atoms with van der Waals surface area (Å²) in [5.41, 5.74) is 3.13. The first kappa shape index (κ1) is 18.0. The van der Waals surface area contributed by atoms with Crippen LogP contribution in [0.2, 0.25) is 5.02 Å². The molecule has 28 heavy (non-hydrogen) atoms. The molecule has 0 fully saturated rings. The predicted molar refractivity (Wildman–Crippen MR) is 106 cm³/mol. The van der Waals surface area contributed by atoms with Gasteiger partial charge in [0.05, 0.1) is 39.7 Å². The molecule has 0 saturated heterocycles. The van der Waals surface area contributed by atoms with Crippen LogP contribution in [0, 0.1) is 11.3 Å². The van der Waals surface area contributed by atoms with Crippen molar-refractivity contribution in [1.82, 2.24) is 14.5 Å². The Labute approximate surface area is 166 Å². The minimum absolute atomic E-state index is 0.256. The van der Waals surface area contributed by atoms with Gasteiger partial charge < -0.3 is 9.30 Å². The van der Waals surface area contributed by atoms with Crippen LogP contribution in [0.4, 0.5) is 0 Å². The molecule has 1 aromatic carbocycles. The number of fused-ring (bicyclic) bond motifs is 2. The highest BCUT2D eigenvalue weighted by atomic mass is 35.5. The van der Waals surface area contributed by atoms with E-state index >= 15 is 0 Å². The molecular weight excluding hydrogens is 376 g/mol. The highest BCUT2D eigenvalue weighted by Crippen LogP contribution is 2.26. The summed E-state index contributed by atoms with van der Waals surface area (Å²) in [6.45, 7) is 2.47. The molecule has 0 unspecified atom stereocenters. The first-order valence-corrected chi connectivity index (χ1v) is 9.07. The van der Waals surface area contributed by atoms with Gasteiger partial charge in [-0.15, -0.1) is 0 Å². The normalized spacial score (nSPS) is 10.9. The van der Waals surface area contributed by atoms with Crippen molar-refractivity contribution >= 4 is 39.5 Å². The number of nitriles is 1. The average molecular weight is 391 g/mol. The Morgan fingerprint density at radius 2 is 2.14 bits per heavy atom. The fraction of sp³-hybridized carbons (Fsp3) is 0.143. The third-order valence-corrected chi connectivity index (χ3v) is 4.65. The van der Waals surface area contributed by atoms with E-state index in [1.165, 1.54) is 0 Å². The molecule has 0 bridgehead atoms. The number of halogens is 1. The summed E-state index contributed by atoms with van der Waals surface area (Å²) in [4.78, 5) is 21.1. The zero-order valence-electron chi connectivity index (χ0n) is 15.0. The van der Waals surface area contributed by atoms with Gasteiger partial charge in [-0.2, -0.15) is 5.26 Å². The van der Waals surface area contributed by atoms with E-state index < -0.39 is 5.97 Å². The lowest BCUT2D eigenvalue weighted by Gasteiger charge is -2.07. The van der Waals surface area contributed by atoms with Crippen molar-refractivity contribution in [2.24, 2.45) is 0 Å². The number of benzene rings is 1. The zero-order valence-corrected chi connectivity index (χ0v) is 15.8. The molecule has 0 aliphatic rings. The van der Waals surface area contributed by atoms with Crippen LogP contribution in [0.5, 0.6) is 0 Å². The van der Waals surface area contributed by atoms with Gasteiger partial charge in [0.25, 0.3) is 0 Å². The molecule has 6 nitrogen and oxygen atoms in total. The van der Waals surface area contributed by atoms with E-state index in [-0.39, 0.29) is 6.61 Å². The van der Waals surface area contributed by atoms with Crippen molar-refractivity contribution < 1.29 is 9.53 Å². The molecule has 0 spiro atoms. The second-order valence-electron chi connectivity index (χ2n) is 6.24. The fourth-order valence-corrected chi connectivity index (χ4v) is 3.41. The Morgan fingerprint density at radius 1 is 1.29 bits per heavy atom. The molecule has 0 saturated carbocycles. The summed E-state index contributed by atoms with van der Waals surface area (Å²) < 4.78 is 7.01. The number of carbonyl (C=O) groups excluding carboxylic acids is 1. The van der Waals surface area contributed by atoms with Gasteiger partial charge in [0.2, 0.25) is 0 Å². The summed E-state index contributed by atoms with van der Waals surface area (Å²) in [7, 11) is 0. The van der Waals surface area contributed by atoms with Crippen LogP contribution >= 0.6 is 11.6 Å². The molecule has 0 amide bonds. The molecule has 4 rings (SSSR count). The van der Waals surface area contributed by atoms with Gasteiger partial charge in [0.1, 0.15) is 5.65 Å². The van der Waals surface area contributed by atoms with E-state index in [9.17, 15) is 10.1 Å². The maximum Gasteiger partial charge on any atom is 0.340 e. The molecule has 0 atom stereocenters. The number of esters is 1. The SMILES string of the molecule is CCOC(=O)c1cn(Cc2ccc3ncc(Cl)cc3c2)c2nccc(C#N)c12. The number of pyridine rings is 2. The average Bonchev–Trinajstić information content (AvgIpc) is 3.06. The Kier molecular flexibility index (Phi) is 4.68. The Hall–Kier alpha value is -3.43. The lowest BCUT2D eigenvalue weighted by molar-refractivity contribution is 0.0528. The van der Waals surface area contributed by atoms with Crippen LogP contribution in [-0.4, -0.2) is 27.1 Å². The first-order valence-electron chi connectivity index (χ1n) is 8.70. The molecule has 3 heterocycles. The molecule has 3 aromatic heterocycles. The summed E-state index contributed by atoms with van der Waals surface area (Å²) in [6, 6.07) is 11.5. The van der Waals surface area contributed by atoms with E-state index in [1.54, 1.807) is 31.6 Å². The van der Waals surface area contributed by atoms with Crippen LogP contribution in [-0.2, 0) is 11.3 Å². The van der Waals surface area contributed by atoms with Crippen molar-refractivity contribution in [3.63, 3.8) is 0 Å². The number of ether oxygens (including phenoxy) is 1. The van der Waals surface area contributed by atoms with Gasteiger partial charge in [-0.05, 0) is 36.8 Å². The largest absolute Gasteiger partial charge is 0.462 e. The molecule has 0 N–H and O–H groups in total. The minimum atomic E-state index is -0.467. The monoisotopic (exact) mass is 390 g/mol. The number of hydrogen-bond donors (Lipinski definition) is 0. The fourth-order valence-electron chi connectivity index (χ4n) is 3.24. The quantitative estimate of drug-likeness (QED) is 0.484. The number of aromatic nitrogens is 3. The summed E-state index contributed by atoms with van der Waals surface area (Å²) in [5, 5.41) is 11.5. The second-order valence-corrected chi connectivity index (χ2v) is 6.68. The van der Waals surface area contributed by atoms with Gasteiger partial charge in [-0.25, -0.2) is 9.78 Å². The van der Waals surface area contributed by atoms with Gasteiger partial charge in [0.15, 0.2) is 0 Å². The first-order chi connectivity index (χ1) is 13.6. The van der Waals surface area contributed by atoms with Crippen molar-refractivity contribution in [2.75, 3.05) is 6.61 Å². The molecule has 7 heteroatoms. The Morgan fingerprint density at radius 3 is 2.93 bits per heavy atom. The highest BCUT2D eigenvalue weighted by molar-refractivity contribution is 6.31. The topological polar surface area (TPSA) is 80.8 Å². The van der Waals surface area contributed by atoms with Crippen LogP contribution in [0.3, 0.4) is 0 Å². The number of carbonyl (C=O) groups is 1. The van der Waals surface area contributed by atoms with E-state index in [0.717, 1.165) is 16.5 Å². The maximum absolute atomic E-state index is 12.4. The van der Waals surface area contributed by atoms with Crippen LogP contribution in [0.25, 0.3) is 21.9 Å². The summed E-state index contributed by atoms with van der Waals surface area (Å²) >= 11 is 6.05. The number of hydrogen-bond acceptors (Lipinski definition) is 5. The van der Waals surface area contributed by atoms with E-state index in [4.69, 9.17) is 16.3 Å². The molecular formula is C21H15ClN4O2. The van der Waals surface area contributed by atoms with E-state index in [2.05, 4.69) is 16.0 Å². The van der Waals surface area contributed by atoms with Crippen molar-refractivity contribution in [2.45, 2.75) is 13.5 Å². The van der Waals surface area contributed by atoms with Gasteiger partial charge in [-0.3, -0.25) is 4.98 Å². The number of rotatable bonds is 4. The lowest BCUT2D eigenvalue weighted by Crippen LogP contribution is -2.04. The number of nitrogens with zero attached hydrogens (tertiary/aromatic N) is 4. The van der Waals surface area contributed by atoms with Gasteiger partial charge in [0, 0.05) is 30.5 Å². The van der Waals surface area contributed by atoms with E-state index in [1.807, 2.05) is 28.8 Å². The smallest absolute Gasteiger partial charge is 0.340 e. The van der Waals surface area contributed by atoms with Crippen molar-refractivity contribution in [3.05, 3.63) is 70.6 Å². The Bertz CT molecular complexity index is 1260. The third kappa shape index (κ3) is 3.17. The zero-order chi connectivity index (χ0) is 19.7. The third-order valence-electron chi connectivity index (χ3n) is 4.44. The molecule has 138 valence electrons. The van der Waals surface area contributed by atoms with Crippen LogP contribution in [0.1, 0.15) is 28.4 Å². The van der Waals surface area contributed by atoms with Crippen molar-refractivity contribution in [3.8, 4) is 6.07 Å². The van der Waals surface area contributed by atoms with Gasteiger partial charge in [-0.1, -0.05) is 17.7 Å². The highest BCUT2D eigenvalue weighted by Gasteiger charge is 2.20. The molecule has 0 aliphatic carbocycles. The predicted octanol–water partition coefficient (Wildman–Crippen LogP) is 4.33. The molecule has 0 aliphatic heterocycles. The summed E-state index contributed by atoms with van der Waals surface area (Å²) in [5.74, 6) is -0.467. The standard InChI is InChI=1S/C21H15ClN4O2/c1-2-28-21(27)17-12-26(20-19(17)14(9-23)5-6-24-20)11-13-3-4-18-15(7-13)8-16(22)10-25-18/h3-8,10,12H,2,11H2,1H3. The summed E-state index contributed by atoms with van der Waals surface area (Å²) in [6.07, 6.45) is 4.87. The second kappa shape index (κ2) is 7.29. The minimum Gasteiger partial charge on any atom is -0.462 e. The lowest BCUT2D eigenvalue weighted by atomic mass is 10.1. The van der Waals surface area contributed by atoms with Crippen LogP contribution < -0.4 is 0 Å². The Balaban J connectivity index is 1.83. The van der Waals surface area contributed by atoms with Gasteiger partial charge >= 0.3 is 5.97 Å². The van der Waals surface area contributed by atoms with Crippen LogP contribution in [0.15, 0.2) is 48.9 Å². The van der Waals surface area contributed by atoms with Crippen molar-refractivity contribution in [1.29, 1.82) is 5.26 Å². The molecule has 4 aromatic rings. The molecule has 0 radical (unpaired) electrons. The van der Waals surface area contributed by atoms with E-state index in [0.29, 0.717) is 33.7 Å². The maximum atomic E-state index is 12.4.